The standard InChI is InChI=1S/C18H34N2O4Si/c1-13(12-23-5)16(21)20-17(22)19-14-9-8-10-15(11-14)24-25(6,7)18(2,3)4/h12,14-15H,8-11H2,1-7H3,(H2,19,20,21,22). The molecule has 2 unspecified atom stereocenters. The number of hydrogen-bond donors (Lipinski definition) is 2. The lowest BCUT2D eigenvalue weighted by molar-refractivity contribution is -0.116. The quantitative estimate of drug-likeness (QED) is 0.439. The van der Waals surface area contributed by atoms with Crippen LogP contribution in [0.15, 0.2) is 11.8 Å². The topological polar surface area (TPSA) is 76.7 Å². The van der Waals surface area contributed by atoms with Gasteiger partial charge >= 0.3 is 6.03 Å². The van der Waals surface area contributed by atoms with E-state index < -0.39 is 20.3 Å². The Kier molecular flexibility index (Phi) is 7.68. The van der Waals surface area contributed by atoms with Gasteiger partial charge in [-0.1, -0.05) is 20.8 Å². The molecular formula is C18H34N2O4Si. The summed E-state index contributed by atoms with van der Waals surface area (Å²) in [6.45, 7) is 12.8. The van der Waals surface area contributed by atoms with Gasteiger partial charge in [-0.05, 0) is 50.7 Å². The highest BCUT2D eigenvalue weighted by atomic mass is 28.4. The first kappa shape index (κ1) is 21.7. The van der Waals surface area contributed by atoms with Gasteiger partial charge in [-0.25, -0.2) is 4.79 Å². The van der Waals surface area contributed by atoms with E-state index in [1.807, 2.05) is 0 Å². The highest BCUT2D eigenvalue weighted by Gasteiger charge is 2.40. The normalized spacial score (nSPS) is 22.3. The summed E-state index contributed by atoms with van der Waals surface area (Å²) >= 11 is 0. The fourth-order valence-electron chi connectivity index (χ4n) is 2.63. The summed E-state index contributed by atoms with van der Waals surface area (Å²) in [5.41, 5.74) is 0.348. The van der Waals surface area contributed by atoms with Crippen LogP contribution < -0.4 is 10.6 Å². The van der Waals surface area contributed by atoms with E-state index in [9.17, 15) is 9.59 Å². The second-order valence-corrected chi connectivity index (χ2v) is 13.1. The van der Waals surface area contributed by atoms with E-state index in [2.05, 4.69) is 44.5 Å². The predicted octanol–water partition coefficient (Wildman–Crippen LogP) is 3.70. The number of carbonyl (C=O) groups excluding carboxylic acids is 2. The first-order valence-electron chi connectivity index (χ1n) is 8.95. The maximum atomic E-state index is 12.0. The average Bonchev–Trinajstić information content (AvgIpc) is 2.45. The maximum absolute atomic E-state index is 12.0. The Hall–Kier alpha value is -1.34. The van der Waals surface area contributed by atoms with Crippen molar-refractivity contribution >= 4 is 20.3 Å². The molecule has 0 radical (unpaired) electrons. The molecule has 0 heterocycles. The fraction of sp³-hybridized carbons (Fsp3) is 0.778. The van der Waals surface area contributed by atoms with Crippen molar-refractivity contribution in [2.45, 2.75) is 83.7 Å². The number of urea groups is 1. The molecule has 0 aromatic carbocycles. The van der Waals surface area contributed by atoms with Crippen LogP contribution in [0.25, 0.3) is 0 Å². The molecule has 1 aliphatic carbocycles. The highest BCUT2D eigenvalue weighted by molar-refractivity contribution is 6.74. The van der Waals surface area contributed by atoms with E-state index >= 15 is 0 Å². The molecule has 0 saturated heterocycles. The number of rotatable bonds is 5. The van der Waals surface area contributed by atoms with Crippen LogP contribution >= 0.6 is 0 Å². The van der Waals surface area contributed by atoms with Crippen LogP contribution in [0.5, 0.6) is 0 Å². The Morgan fingerprint density at radius 3 is 2.40 bits per heavy atom. The Balaban J connectivity index is 2.54. The zero-order valence-corrected chi connectivity index (χ0v) is 17.7. The summed E-state index contributed by atoms with van der Waals surface area (Å²) < 4.78 is 11.3. The number of imide groups is 1. The lowest BCUT2D eigenvalue weighted by atomic mass is 9.93. The van der Waals surface area contributed by atoms with Crippen LogP contribution in [0.3, 0.4) is 0 Å². The van der Waals surface area contributed by atoms with Crippen molar-refractivity contribution in [1.29, 1.82) is 0 Å². The third kappa shape index (κ3) is 6.82. The first-order valence-corrected chi connectivity index (χ1v) is 11.9. The second kappa shape index (κ2) is 8.85. The lowest BCUT2D eigenvalue weighted by Crippen LogP contribution is -2.50. The molecule has 3 amide bonds. The van der Waals surface area contributed by atoms with E-state index in [0.29, 0.717) is 5.57 Å². The Labute approximate surface area is 152 Å². The number of hydrogen-bond acceptors (Lipinski definition) is 4. The summed E-state index contributed by atoms with van der Waals surface area (Å²) in [6, 6.07) is -0.435. The van der Waals surface area contributed by atoms with Crippen LogP contribution in [0.4, 0.5) is 4.79 Å². The van der Waals surface area contributed by atoms with E-state index in [-0.39, 0.29) is 17.2 Å². The Morgan fingerprint density at radius 2 is 1.84 bits per heavy atom. The van der Waals surface area contributed by atoms with Gasteiger partial charge in [0, 0.05) is 17.7 Å². The van der Waals surface area contributed by atoms with Gasteiger partial charge in [-0.15, -0.1) is 0 Å². The molecule has 7 heteroatoms. The SMILES string of the molecule is COC=C(C)C(=O)NC(=O)NC1CCCC(O[Si](C)(C)C(C)(C)C)C1. The molecule has 0 bridgehead atoms. The molecule has 0 aromatic heterocycles. The summed E-state index contributed by atoms with van der Waals surface area (Å²) in [6.07, 6.45) is 5.23. The van der Waals surface area contributed by atoms with Crippen molar-refractivity contribution < 1.29 is 18.8 Å². The van der Waals surface area contributed by atoms with Gasteiger partial charge in [-0.2, -0.15) is 0 Å². The fourth-order valence-corrected chi connectivity index (χ4v) is 4.03. The van der Waals surface area contributed by atoms with Crippen molar-refractivity contribution in [2.24, 2.45) is 0 Å². The molecule has 0 aliphatic heterocycles. The van der Waals surface area contributed by atoms with Crippen molar-refractivity contribution in [3.05, 3.63) is 11.8 Å². The van der Waals surface area contributed by atoms with Crippen LogP contribution in [0, 0.1) is 0 Å². The van der Waals surface area contributed by atoms with E-state index in [1.54, 1.807) is 6.92 Å². The molecule has 2 N–H and O–H groups in total. The number of nitrogens with one attached hydrogen (secondary N) is 2. The van der Waals surface area contributed by atoms with Crippen molar-refractivity contribution in [3.63, 3.8) is 0 Å². The zero-order chi connectivity index (χ0) is 19.3. The minimum absolute atomic E-state index is 0.0306. The third-order valence-corrected chi connectivity index (χ3v) is 9.64. The smallest absolute Gasteiger partial charge is 0.321 e. The summed E-state index contributed by atoms with van der Waals surface area (Å²) in [7, 11) is -0.356. The summed E-state index contributed by atoms with van der Waals surface area (Å²) in [4.78, 5) is 23.8. The zero-order valence-electron chi connectivity index (χ0n) is 16.7. The summed E-state index contributed by atoms with van der Waals surface area (Å²) in [5.74, 6) is -0.454. The van der Waals surface area contributed by atoms with Gasteiger partial charge < -0.3 is 14.5 Å². The molecule has 144 valence electrons. The van der Waals surface area contributed by atoms with Crippen molar-refractivity contribution in [3.8, 4) is 0 Å². The Morgan fingerprint density at radius 1 is 1.20 bits per heavy atom. The molecule has 1 saturated carbocycles. The molecule has 1 aliphatic rings. The predicted molar refractivity (Wildman–Crippen MR) is 102 cm³/mol. The average molecular weight is 371 g/mol. The molecule has 25 heavy (non-hydrogen) atoms. The minimum Gasteiger partial charge on any atom is -0.504 e. The number of amides is 3. The molecule has 1 rings (SSSR count). The third-order valence-electron chi connectivity index (χ3n) is 5.11. The van der Waals surface area contributed by atoms with Gasteiger partial charge in [-0.3, -0.25) is 10.1 Å². The van der Waals surface area contributed by atoms with Crippen LogP contribution in [-0.2, 0) is 14.0 Å². The largest absolute Gasteiger partial charge is 0.504 e. The molecule has 6 nitrogen and oxygen atoms in total. The molecule has 1 fully saturated rings. The van der Waals surface area contributed by atoms with E-state index in [1.165, 1.54) is 13.4 Å². The van der Waals surface area contributed by atoms with Gasteiger partial charge in [0.2, 0.25) is 0 Å². The monoisotopic (exact) mass is 370 g/mol. The molecular weight excluding hydrogens is 336 g/mol. The van der Waals surface area contributed by atoms with Gasteiger partial charge in [0.15, 0.2) is 8.32 Å². The first-order chi connectivity index (χ1) is 11.5. The number of ether oxygens (including phenoxy) is 1. The van der Waals surface area contributed by atoms with E-state index in [0.717, 1.165) is 25.7 Å². The maximum Gasteiger partial charge on any atom is 0.321 e. The number of carbonyl (C=O) groups is 2. The summed E-state index contributed by atoms with van der Waals surface area (Å²) in [5, 5.41) is 5.40. The second-order valence-electron chi connectivity index (χ2n) is 8.33. The molecule has 0 spiro atoms. The van der Waals surface area contributed by atoms with Gasteiger partial charge in [0.25, 0.3) is 5.91 Å². The van der Waals surface area contributed by atoms with Crippen LogP contribution in [0.1, 0.15) is 53.4 Å². The van der Waals surface area contributed by atoms with Crippen LogP contribution in [-0.4, -0.2) is 39.5 Å². The Bertz CT molecular complexity index is 512. The van der Waals surface area contributed by atoms with E-state index in [4.69, 9.17) is 9.16 Å². The highest BCUT2D eigenvalue weighted by Crippen LogP contribution is 2.39. The lowest BCUT2D eigenvalue weighted by Gasteiger charge is -2.41. The molecule has 0 aromatic rings. The minimum atomic E-state index is -1.82. The molecule has 2 atom stereocenters. The van der Waals surface area contributed by atoms with Gasteiger partial charge in [0.05, 0.1) is 13.4 Å². The number of methoxy groups -OCH3 is 1. The van der Waals surface area contributed by atoms with Gasteiger partial charge in [0.1, 0.15) is 0 Å². The van der Waals surface area contributed by atoms with Crippen molar-refractivity contribution in [2.75, 3.05) is 7.11 Å². The van der Waals surface area contributed by atoms with Crippen LogP contribution in [0.2, 0.25) is 18.1 Å². The van der Waals surface area contributed by atoms with Crippen molar-refractivity contribution in [1.82, 2.24) is 10.6 Å².